The van der Waals surface area contributed by atoms with Crippen LogP contribution in [0.4, 0.5) is 4.39 Å². The highest BCUT2D eigenvalue weighted by atomic mass is 19.1. The van der Waals surface area contributed by atoms with Crippen LogP contribution in [-0.4, -0.2) is 43.5 Å². The molecule has 2 aromatic rings. The number of nitrogens with one attached hydrogen (secondary N) is 1. The zero-order valence-corrected chi connectivity index (χ0v) is 15.3. The molecule has 142 valence electrons. The van der Waals surface area contributed by atoms with Gasteiger partial charge in [0.1, 0.15) is 11.6 Å². The highest BCUT2D eigenvalue weighted by molar-refractivity contribution is 5.95. The molecule has 0 radical (unpaired) electrons. The Morgan fingerprint density at radius 3 is 2.41 bits per heavy atom. The highest BCUT2D eigenvalue weighted by Crippen LogP contribution is 2.20. The van der Waals surface area contributed by atoms with Crippen molar-refractivity contribution in [3.05, 3.63) is 65.5 Å². The molecule has 2 aromatic carbocycles. The molecule has 1 N–H and O–H groups in total. The fourth-order valence-electron chi connectivity index (χ4n) is 3.23. The topological polar surface area (TPSA) is 58.6 Å². The van der Waals surface area contributed by atoms with Gasteiger partial charge in [0, 0.05) is 25.2 Å². The van der Waals surface area contributed by atoms with Gasteiger partial charge in [0.25, 0.3) is 11.8 Å². The van der Waals surface area contributed by atoms with Crippen molar-refractivity contribution in [1.82, 2.24) is 10.2 Å². The Morgan fingerprint density at radius 1 is 1.11 bits per heavy atom. The lowest BCUT2D eigenvalue weighted by Gasteiger charge is -2.32. The molecule has 1 fully saturated rings. The van der Waals surface area contributed by atoms with Crippen LogP contribution in [-0.2, 0) is 0 Å². The van der Waals surface area contributed by atoms with Crippen molar-refractivity contribution in [2.45, 2.75) is 12.8 Å². The van der Waals surface area contributed by atoms with Crippen molar-refractivity contribution < 1.29 is 18.7 Å². The molecule has 0 spiro atoms. The summed E-state index contributed by atoms with van der Waals surface area (Å²) in [7, 11) is 1.58. The summed E-state index contributed by atoms with van der Waals surface area (Å²) in [6.07, 6.45) is 1.56. The van der Waals surface area contributed by atoms with Gasteiger partial charge in [-0.2, -0.15) is 0 Å². The number of benzene rings is 2. The van der Waals surface area contributed by atoms with Crippen LogP contribution >= 0.6 is 0 Å². The number of rotatable bonds is 5. The van der Waals surface area contributed by atoms with E-state index in [4.69, 9.17) is 4.74 Å². The molecule has 6 heteroatoms. The van der Waals surface area contributed by atoms with Gasteiger partial charge in [-0.3, -0.25) is 9.59 Å². The molecule has 0 aromatic heterocycles. The molecule has 2 amide bonds. The van der Waals surface area contributed by atoms with Crippen molar-refractivity contribution in [3.8, 4) is 5.75 Å². The van der Waals surface area contributed by atoms with Gasteiger partial charge in [0.05, 0.1) is 12.7 Å². The van der Waals surface area contributed by atoms with Gasteiger partial charge in [0.15, 0.2) is 0 Å². The number of methoxy groups -OCH3 is 1. The van der Waals surface area contributed by atoms with Crippen LogP contribution in [0.5, 0.6) is 5.75 Å². The summed E-state index contributed by atoms with van der Waals surface area (Å²) in [5.41, 5.74) is 0.701. The van der Waals surface area contributed by atoms with Crippen LogP contribution in [0.3, 0.4) is 0 Å². The number of ether oxygens (including phenoxy) is 1. The molecule has 0 saturated carbocycles. The minimum Gasteiger partial charge on any atom is -0.497 e. The summed E-state index contributed by atoms with van der Waals surface area (Å²) in [6, 6.07) is 13.0. The first-order valence-corrected chi connectivity index (χ1v) is 9.04. The normalized spacial score (nSPS) is 14.7. The minimum absolute atomic E-state index is 0.115. The van der Waals surface area contributed by atoms with Crippen molar-refractivity contribution in [3.63, 3.8) is 0 Å². The summed E-state index contributed by atoms with van der Waals surface area (Å²) in [5, 5.41) is 2.95. The van der Waals surface area contributed by atoms with E-state index in [1.807, 2.05) is 0 Å². The second kappa shape index (κ2) is 8.66. The molecule has 0 bridgehead atoms. The van der Waals surface area contributed by atoms with Crippen molar-refractivity contribution in [1.29, 1.82) is 0 Å². The standard InChI is InChI=1S/C21H23FN2O3/c1-27-17-8-6-16(7-9-17)20(25)23-14-15-10-12-24(13-11-15)21(26)18-4-2-3-5-19(18)22/h2-9,15H,10-14H2,1H3,(H,23,25). The first-order chi connectivity index (χ1) is 13.1. The molecular weight excluding hydrogens is 347 g/mol. The summed E-state index contributed by atoms with van der Waals surface area (Å²) < 4.78 is 18.9. The Kier molecular flexibility index (Phi) is 6.06. The van der Waals surface area contributed by atoms with Crippen LogP contribution < -0.4 is 10.1 Å². The number of hydrogen-bond acceptors (Lipinski definition) is 3. The average molecular weight is 370 g/mol. The second-order valence-corrected chi connectivity index (χ2v) is 6.65. The number of amides is 2. The second-order valence-electron chi connectivity index (χ2n) is 6.65. The van der Waals surface area contributed by atoms with Crippen LogP contribution in [0, 0.1) is 11.7 Å². The fraction of sp³-hybridized carbons (Fsp3) is 0.333. The third-order valence-corrected chi connectivity index (χ3v) is 4.91. The predicted molar refractivity (Wildman–Crippen MR) is 100 cm³/mol. The van der Waals surface area contributed by atoms with E-state index in [-0.39, 0.29) is 17.4 Å². The summed E-state index contributed by atoms with van der Waals surface area (Å²) >= 11 is 0. The van der Waals surface area contributed by atoms with Crippen LogP contribution in [0.15, 0.2) is 48.5 Å². The lowest BCUT2D eigenvalue weighted by atomic mass is 9.96. The Labute approximate surface area is 158 Å². The molecule has 5 nitrogen and oxygen atoms in total. The van der Waals surface area contributed by atoms with Gasteiger partial charge in [-0.25, -0.2) is 4.39 Å². The smallest absolute Gasteiger partial charge is 0.256 e. The maximum absolute atomic E-state index is 13.8. The Bertz CT molecular complexity index is 799. The Balaban J connectivity index is 1.47. The largest absolute Gasteiger partial charge is 0.497 e. The summed E-state index contributed by atoms with van der Waals surface area (Å²) in [5.74, 6) is 0.128. The summed E-state index contributed by atoms with van der Waals surface area (Å²) in [6.45, 7) is 1.69. The SMILES string of the molecule is COc1ccc(C(=O)NCC2CCN(C(=O)c3ccccc3F)CC2)cc1. The van der Waals surface area contributed by atoms with Gasteiger partial charge >= 0.3 is 0 Å². The molecule has 0 unspecified atom stereocenters. The monoisotopic (exact) mass is 370 g/mol. The van der Waals surface area contributed by atoms with E-state index in [0.29, 0.717) is 36.9 Å². The quantitative estimate of drug-likeness (QED) is 0.880. The molecule has 1 saturated heterocycles. The maximum Gasteiger partial charge on any atom is 0.256 e. The zero-order valence-electron chi connectivity index (χ0n) is 15.3. The number of carbonyl (C=O) groups is 2. The Hall–Kier alpha value is -2.89. The van der Waals surface area contributed by atoms with Gasteiger partial charge in [-0.05, 0) is 55.2 Å². The summed E-state index contributed by atoms with van der Waals surface area (Å²) in [4.78, 5) is 26.3. The molecule has 1 aliphatic heterocycles. The molecule has 3 rings (SSSR count). The van der Waals surface area contributed by atoms with E-state index >= 15 is 0 Å². The van der Waals surface area contributed by atoms with Crippen LogP contribution in [0.1, 0.15) is 33.6 Å². The maximum atomic E-state index is 13.8. The number of piperidine rings is 1. The zero-order chi connectivity index (χ0) is 19.2. The van der Waals surface area contributed by atoms with E-state index in [1.165, 1.54) is 12.1 Å². The van der Waals surface area contributed by atoms with Gasteiger partial charge in [-0.1, -0.05) is 12.1 Å². The average Bonchev–Trinajstić information content (AvgIpc) is 2.72. The fourth-order valence-corrected chi connectivity index (χ4v) is 3.23. The van der Waals surface area contributed by atoms with Crippen LogP contribution in [0.25, 0.3) is 0 Å². The molecule has 1 heterocycles. The molecule has 0 aliphatic carbocycles. The molecule has 27 heavy (non-hydrogen) atoms. The predicted octanol–water partition coefficient (Wildman–Crippen LogP) is 3.12. The van der Waals surface area contributed by atoms with Crippen molar-refractivity contribution >= 4 is 11.8 Å². The van der Waals surface area contributed by atoms with E-state index in [9.17, 15) is 14.0 Å². The molecule has 1 aliphatic rings. The number of nitrogens with zero attached hydrogens (tertiary/aromatic N) is 1. The molecular formula is C21H23FN2O3. The van der Waals surface area contributed by atoms with Gasteiger partial charge < -0.3 is 15.0 Å². The first-order valence-electron chi connectivity index (χ1n) is 9.04. The lowest BCUT2D eigenvalue weighted by molar-refractivity contribution is 0.0679. The number of carbonyl (C=O) groups excluding carboxylic acids is 2. The molecule has 0 atom stereocenters. The third kappa shape index (κ3) is 4.64. The third-order valence-electron chi connectivity index (χ3n) is 4.91. The van der Waals surface area contributed by atoms with E-state index in [1.54, 1.807) is 48.4 Å². The van der Waals surface area contributed by atoms with Crippen molar-refractivity contribution in [2.75, 3.05) is 26.7 Å². The minimum atomic E-state index is -0.489. The highest BCUT2D eigenvalue weighted by Gasteiger charge is 2.25. The van der Waals surface area contributed by atoms with Crippen LogP contribution in [0.2, 0.25) is 0 Å². The van der Waals surface area contributed by atoms with Gasteiger partial charge in [0.2, 0.25) is 0 Å². The number of halogens is 1. The van der Waals surface area contributed by atoms with Crippen molar-refractivity contribution in [2.24, 2.45) is 5.92 Å². The first kappa shape index (κ1) is 18.9. The number of likely N-dealkylation sites (tertiary alicyclic amines) is 1. The van der Waals surface area contributed by atoms with E-state index in [0.717, 1.165) is 12.8 Å². The Morgan fingerprint density at radius 2 is 1.78 bits per heavy atom. The van der Waals surface area contributed by atoms with Gasteiger partial charge in [-0.15, -0.1) is 0 Å². The lowest BCUT2D eigenvalue weighted by Crippen LogP contribution is -2.41. The van der Waals surface area contributed by atoms with E-state index < -0.39 is 5.82 Å². The number of hydrogen-bond donors (Lipinski definition) is 1. The van der Waals surface area contributed by atoms with E-state index in [2.05, 4.69) is 5.32 Å².